The van der Waals surface area contributed by atoms with Gasteiger partial charge in [0.15, 0.2) is 0 Å². The standard InChI is InChI=1S/C40H26N4.C24H16N2.C19H15F2N2.C6H5NO2.Ir/c1-5-19-37-31(15-1)32-16-2-6-20-38(32)43(37)29-13-9-11-27(23-29)35-25-36(42-26-41-35)28-12-10-14-30(24-28)44-39-21-7-3-17-33(39)34-18-4-8-22-40(34)44;1-3-7-17(8-4-1)19-13-15-25-23-21(19)11-12-22-20(14-16-26-24(22)23)18-9-5-2-6-10-18;1-12(2)17-11-22-18(13-3-7-15(20)8-4-13)19(23-17)14-5-9-16(21)10-6-14;8-6(9)5-3-1-2-4-7-5;/h1-26H;1-16H;3,5-12H,1-2H3;1-4H,(H,8,9);/q;;-1;;. The van der Waals surface area contributed by atoms with Gasteiger partial charge in [-0.25, -0.2) is 24.1 Å². The minimum Gasteiger partial charge on any atom is -0.477 e. The van der Waals surface area contributed by atoms with Crippen molar-refractivity contribution < 1.29 is 38.8 Å². The van der Waals surface area contributed by atoms with E-state index >= 15 is 0 Å². The smallest absolute Gasteiger partial charge is 0.354 e. The molecule has 0 aliphatic carbocycles. The molecule has 0 saturated heterocycles. The van der Waals surface area contributed by atoms with Crippen LogP contribution < -0.4 is 0 Å². The quantitative estimate of drug-likeness (QED) is 0.105. The molecule has 0 aliphatic rings. The molecule has 11 nitrogen and oxygen atoms in total. The molecule has 0 atom stereocenters. The molecule has 14 heteroatoms. The van der Waals surface area contributed by atoms with Crippen LogP contribution in [0.4, 0.5) is 8.78 Å². The van der Waals surface area contributed by atoms with E-state index < -0.39 is 5.97 Å². The number of hydrogen-bond donors (Lipinski definition) is 1. The second-order valence-electron chi connectivity index (χ2n) is 24.5. The average molecular weight is 1520 g/mol. The Morgan fingerprint density at radius 2 is 0.854 bits per heavy atom. The third-order valence-corrected chi connectivity index (χ3v) is 17.8. The van der Waals surface area contributed by atoms with Gasteiger partial charge >= 0.3 is 5.97 Å². The summed E-state index contributed by atoms with van der Waals surface area (Å²) in [5, 5.41) is 15.6. The van der Waals surface area contributed by atoms with Gasteiger partial charge < -0.3 is 19.2 Å². The first kappa shape index (κ1) is 67.3. The number of halogens is 2. The summed E-state index contributed by atoms with van der Waals surface area (Å²) in [5.74, 6) is -1.44. The number of pyridine rings is 3. The predicted octanol–water partition coefficient (Wildman–Crippen LogP) is 21.9. The second kappa shape index (κ2) is 30.3. The maximum absolute atomic E-state index is 13.2. The van der Waals surface area contributed by atoms with E-state index in [1.54, 1.807) is 42.9 Å². The van der Waals surface area contributed by atoms with Crippen LogP contribution in [-0.2, 0) is 20.1 Å². The number of aromatic nitrogens is 9. The van der Waals surface area contributed by atoms with Gasteiger partial charge in [0.1, 0.15) is 17.8 Å². The van der Waals surface area contributed by atoms with Crippen molar-refractivity contribution in [2.24, 2.45) is 0 Å². The Morgan fingerprint density at radius 1 is 0.398 bits per heavy atom. The Balaban J connectivity index is 0.000000130. The molecule has 0 unspecified atom stereocenters. The Bertz CT molecular complexity index is 5680. The predicted molar refractivity (Wildman–Crippen MR) is 406 cm³/mol. The molecule has 18 rings (SSSR count). The fourth-order valence-electron chi connectivity index (χ4n) is 13.0. The van der Waals surface area contributed by atoms with Crippen molar-refractivity contribution in [3.63, 3.8) is 0 Å². The number of hydrogen-bond acceptors (Lipinski definition) is 8. The van der Waals surface area contributed by atoms with Gasteiger partial charge in [0.25, 0.3) is 0 Å². The molecule has 499 valence electrons. The number of benzene rings is 11. The number of para-hydroxylation sites is 4. The number of nitrogens with zero attached hydrogens (tertiary/aromatic N) is 9. The largest absolute Gasteiger partial charge is 0.477 e. The molecule has 103 heavy (non-hydrogen) atoms. The molecular weight excluding hydrogens is 1460 g/mol. The Morgan fingerprint density at radius 3 is 1.29 bits per heavy atom. The monoisotopic (exact) mass is 1520 g/mol. The summed E-state index contributed by atoms with van der Waals surface area (Å²) < 4.78 is 31.0. The van der Waals surface area contributed by atoms with E-state index in [2.05, 4.69) is 265 Å². The minimum atomic E-state index is -0.990. The van der Waals surface area contributed by atoms with Crippen molar-refractivity contribution in [3.05, 3.63) is 357 Å². The summed E-state index contributed by atoms with van der Waals surface area (Å²) >= 11 is 0. The summed E-state index contributed by atoms with van der Waals surface area (Å²) in [5.41, 5.74) is 21.1. The van der Waals surface area contributed by atoms with Crippen molar-refractivity contribution in [2.75, 3.05) is 0 Å². The van der Waals surface area contributed by atoms with Crippen LogP contribution in [0.1, 0.15) is 35.9 Å². The topological polar surface area (TPSA) is 137 Å². The van der Waals surface area contributed by atoms with Crippen LogP contribution in [0, 0.1) is 17.7 Å². The first-order chi connectivity index (χ1) is 50.1. The second-order valence-corrected chi connectivity index (χ2v) is 24.5. The van der Waals surface area contributed by atoms with Gasteiger partial charge in [0.2, 0.25) is 0 Å². The van der Waals surface area contributed by atoms with Crippen LogP contribution in [-0.4, -0.2) is 55.1 Å². The maximum atomic E-state index is 13.2. The summed E-state index contributed by atoms with van der Waals surface area (Å²) in [6, 6.07) is 101. The molecule has 18 aromatic rings. The van der Waals surface area contributed by atoms with Crippen LogP contribution in [0.3, 0.4) is 0 Å². The number of carboxylic acids is 1. The van der Waals surface area contributed by atoms with Crippen LogP contribution in [0.2, 0.25) is 0 Å². The van der Waals surface area contributed by atoms with Gasteiger partial charge in [-0.3, -0.25) is 19.3 Å². The molecule has 1 N–H and O–H groups in total. The first-order valence-electron chi connectivity index (χ1n) is 33.3. The summed E-state index contributed by atoms with van der Waals surface area (Å²) in [6.45, 7) is 4.06. The van der Waals surface area contributed by atoms with Gasteiger partial charge in [-0.05, 0) is 125 Å². The fraction of sp³-hybridized carbons (Fsp3) is 0.0337. The van der Waals surface area contributed by atoms with Gasteiger partial charge in [-0.2, -0.15) is 0 Å². The number of aromatic carboxylic acids is 1. The van der Waals surface area contributed by atoms with Crippen LogP contribution >= 0.6 is 0 Å². The molecule has 0 spiro atoms. The molecule has 0 fully saturated rings. The number of rotatable bonds is 10. The van der Waals surface area contributed by atoms with Gasteiger partial charge in [0, 0.05) is 111 Å². The van der Waals surface area contributed by atoms with E-state index in [9.17, 15) is 13.6 Å². The number of carbonyl (C=O) groups is 1. The summed E-state index contributed by atoms with van der Waals surface area (Å²) in [6.07, 6.45) is 8.58. The van der Waals surface area contributed by atoms with E-state index in [0.717, 1.165) is 67.0 Å². The molecule has 1 radical (unpaired) electrons. The first-order valence-corrected chi connectivity index (χ1v) is 33.3. The van der Waals surface area contributed by atoms with Gasteiger partial charge in [-0.15, -0.1) is 29.8 Å². The van der Waals surface area contributed by atoms with Gasteiger partial charge in [0.05, 0.1) is 55.9 Å². The third-order valence-electron chi connectivity index (χ3n) is 17.8. The number of carboxylic acid groups (broad SMARTS) is 1. The van der Waals surface area contributed by atoms with Gasteiger partial charge in [-0.1, -0.05) is 202 Å². The van der Waals surface area contributed by atoms with E-state index in [-0.39, 0.29) is 43.4 Å². The van der Waals surface area contributed by atoms with E-state index in [4.69, 9.17) is 15.1 Å². The number of fused-ring (bicyclic) bond motifs is 9. The summed E-state index contributed by atoms with van der Waals surface area (Å²) in [7, 11) is 0. The molecule has 0 saturated carbocycles. The SMILES string of the molecule is CC(C)c1cnc(-c2[c-]cc(F)cc2)c(-c2ccc(F)cc2)n1.O=C(O)c1ccccn1.[Ir].c1cc(-c2cc(-c3cccc(-n4c5ccccc5c5ccccc54)c3)ncn2)cc(-n2c3ccccc3c3ccccc32)c1.c1ccc(-c2ccnc3c2ccc2c(-c4ccccc4)ccnc23)cc1. The van der Waals surface area contributed by atoms with E-state index in [1.165, 1.54) is 102 Å². The molecular formula is C89H62F2IrN9O2-. The average Bonchev–Trinajstić information content (AvgIpc) is 1.71. The Hall–Kier alpha value is -12.9. The van der Waals surface area contributed by atoms with Crippen LogP contribution in [0.25, 0.3) is 144 Å². The van der Waals surface area contributed by atoms with Crippen molar-refractivity contribution in [1.82, 2.24) is 44.0 Å². The van der Waals surface area contributed by atoms with Crippen molar-refractivity contribution in [1.29, 1.82) is 0 Å². The zero-order valence-corrected chi connectivity index (χ0v) is 58.1. The van der Waals surface area contributed by atoms with Crippen molar-refractivity contribution >= 4 is 71.4 Å². The zero-order chi connectivity index (χ0) is 69.5. The molecule has 7 aromatic heterocycles. The molecule has 7 heterocycles. The normalized spacial score (nSPS) is 11.0. The fourth-order valence-corrected chi connectivity index (χ4v) is 13.0. The minimum absolute atomic E-state index is 0. The maximum Gasteiger partial charge on any atom is 0.354 e. The van der Waals surface area contributed by atoms with E-state index in [1.807, 2.05) is 38.4 Å². The molecule has 0 amide bonds. The molecule has 0 bridgehead atoms. The van der Waals surface area contributed by atoms with Crippen LogP contribution in [0.15, 0.2) is 328 Å². The van der Waals surface area contributed by atoms with Crippen molar-refractivity contribution in [2.45, 2.75) is 19.8 Å². The molecule has 0 aliphatic heterocycles. The van der Waals surface area contributed by atoms with Crippen molar-refractivity contribution in [3.8, 4) is 78.7 Å². The van der Waals surface area contributed by atoms with E-state index in [0.29, 0.717) is 17.0 Å². The summed E-state index contributed by atoms with van der Waals surface area (Å²) in [4.78, 5) is 41.6. The Labute approximate surface area is 606 Å². The van der Waals surface area contributed by atoms with Crippen LogP contribution in [0.5, 0.6) is 0 Å². The molecule has 11 aromatic carbocycles. The third kappa shape index (κ3) is 14.1. The Kier molecular flexibility index (Phi) is 19.8. The zero-order valence-electron chi connectivity index (χ0n) is 55.7.